The van der Waals surface area contributed by atoms with Gasteiger partial charge >= 0.3 is 5.69 Å². The second kappa shape index (κ2) is 8.08. The molecule has 144 valence electrons. The predicted molar refractivity (Wildman–Crippen MR) is 111 cm³/mol. The van der Waals surface area contributed by atoms with Gasteiger partial charge in [0.05, 0.1) is 17.4 Å². The molecule has 3 aromatic rings. The molecule has 1 aromatic heterocycles. The van der Waals surface area contributed by atoms with Crippen LogP contribution in [0, 0.1) is 6.92 Å². The molecule has 0 aliphatic carbocycles. The molecule has 2 N–H and O–H groups in total. The summed E-state index contributed by atoms with van der Waals surface area (Å²) in [5.41, 5.74) is 1.43. The van der Waals surface area contributed by atoms with E-state index in [-0.39, 0.29) is 11.6 Å². The summed E-state index contributed by atoms with van der Waals surface area (Å²) in [6, 6.07) is 16.7. The Balaban J connectivity index is 2.19. The van der Waals surface area contributed by atoms with Gasteiger partial charge in [0.1, 0.15) is 5.56 Å². The zero-order chi connectivity index (χ0) is 20.3. The molecule has 0 aliphatic heterocycles. The number of aromatic amines is 1. The molecule has 0 amide bonds. The van der Waals surface area contributed by atoms with Crippen molar-refractivity contribution in [3.63, 3.8) is 0 Å². The van der Waals surface area contributed by atoms with Crippen LogP contribution in [-0.4, -0.2) is 20.4 Å². The third kappa shape index (κ3) is 3.67. The molecule has 0 saturated carbocycles. The molecule has 6 nitrogen and oxygen atoms in total. The van der Waals surface area contributed by atoms with E-state index in [2.05, 4.69) is 9.98 Å². The molecule has 0 unspecified atom stereocenters. The van der Waals surface area contributed by atoms with Gasteiger partial charge in [-0.25, -0.2) is 9.36 Å². The van der Waals surface area contributed by atoms with Crippen LogP contribution in [0.15, 0.2) is 69.2 Å². The molecule has 0 radical (unpaired) electrons. The fourth-order valence-electron chi connectivity index (χ4n) is 3.20. The molecule has 0 saturated heterocycles. The van der Waals surface area contributed by atoms with Crippen LogP contribution in [0.5, 0.6) is 5.88 Å². The number of H-pyrrole nitrogens is 1. The molecule has 28 heavy (non-hydrogen) atoms. The van der Waals surface area contributed by atoms with Crippen LogP contribution < -0.4 is 11.2 Å². The standard InChI is InChI=1S/C22H23N3O3/c1-4-17(23-15(3)16-11-6-5-7-12-16)19-20(26)24-22(28)25(21(19)27)18-13-9-8-10-14(18)2/h5-13,15,27H,4H2,1-3H3,(H,24,26,28)/t15-/m0/s1. The van der Waals surface area contributed by atoms with Crippen molar-refractivity contribution in [2.45, 2.75) is 33.2 Å². The first-order valence-electron chi connectivity index (χ1n) is 9.20. The van der Waals surface area contributed by atoms with Gasteiger partial charge in [-0.05, 0) is 37.5 Å². The number of aromatic hydroxyl groups is 1. The highest BCUT2D eigenvalue weighted by Gasteiger charge is 2.20. The number of nitrogens with one attached hydrogen (secondary N) is 1. The van der Waals surface area contributed by atoms with E-state index in [4.69, 9.17) is 0 Å². The van der Waals surface area contributed by atoms with Crippen LogP contribution in [-0.2, 0) is 0 Å². The Bertz CT molecular complexity index is 1130. The van der Waals surface area contributed by atoms with Crippen LogP contribution in [0.25, 0.3) is 5.69 Å². The summed E-state index contributed by atoms with van der Waals surface area (Å²) in [6.45, 7) is 5.62. The number of aromatic nitrogens is 2. The van der Waals surface area contributed by atoms with Gasteiger partial charge in [0.15, 0.2) is 0 Å². The molecule has 0 aliphatic rings. The maximum Gasteiger partial charge on any atom is 0.335 e. The first-order valence-corrected chi connectivity index (χ1v) is 9.20. The third-order valence-electron chi connectivity index (χ3n) is 4.70. The lowest BCUT2D eigenvalue weighted by atomic mass is 10.1. The minimum atomic E-state index is -0.688. The Hall–Kier alpha value is -3.41. The highest BCUT2D eigenvalue weighted by atomic mass is 16.3. The van der Waals surface area contributed by atoms with E-state index in [0.717, 1.165) is 15.7 Å². The lowest BCUT2D eigenvalue weighted by molar-refractivity contribution is 0.429. The summed E-state index contributed by atoms with van der Waals surface area (Å²) < 4.78 is 1.12. The lowest BCUT2D eigenvalue weighted by Crippen LogP contribution is -2.33. The summed E-state index contributed by atoms with van der Waals surface area (Å²) >= 11 is 0. The monoisotopic (exact) mass is 377 g/mol. The van der Waals surface area contributed by atoms with Crippen LogP contribution in [0.3, 0.4) is 0 Å². The highest BCUT2D eigenvalue weighted by molar-refractivity contribution is 6.02. The maximum absolute atomic E-state index is 12.5. The summed E-state index contributed by atoms with van der Waals surface area (Å²) in [5, 5.41) is 10.9. The van der Waals surface area contributed by atoms with Crippen molar-refractivity contribution >= 4 is 5.71 Å². The fourth-order valence-corrected chi connectivity index (χ4v) is 3.20. The molecule has 1 heterocycles. The Morgan fingerprint density at radius 2 is 1.75 bits per heavy atom. The van der Waals surface area contributed by atoms with Gasteiger partial charge in [-0.15, -0.1) is 0 Å². The highest BCUT2D eigenvalue weighted by Crippen LogP contribution is 2.23. The topological polar surface area (TPSA) is 87.4 Å². The largest absolute Gasteiger partial charge is 0.493 e. The molecule has 1 atom stereocenters. The lowest BCUT2D eigenvalue weighted by Gasteiger charge is -2.15. The van der Waals surface area contributed by atoms with Crippen molar-refractivity contribution in [1.29, 1.82) is 0 Å². The Morgan fingerprint density at radius 3 is 2.39 bits per heavy atom. The first-order chi connectivity index (χ1) is 13.4. The van der Waals surface area contributed by atoms with E-state index in [1.165, 1.54) is 0 Å². The number of nitrogens with zero attached hydrogens (tertiary/aromatic N) is 2. The van der Waals surface area contributed by atoms with Gasteiger partial charge in [0.2, 0.25) is 5.88 Å². The molecular formula is C22H23N3O3. The predicted octanol–water partition coefficient (Wildman–Crippen LogP) is 3.50. The Labute approximate surface area is 162 Å². The smallest absolute Gasteiger partial charge is 0.335 e. The van der Waals surface area contributed by atoms with Gasteiger partial charge in [-0.2, -0.15) is 0 Å². The zero-order valence-corrected chi connectivity index (χ0v) is 16.1. The van der Waals surface area contributed by atoms with E-state index in [1.54, 1.807) is 12.1 Å². The van der Waals surface area contributed by atoms with E-state index in [1.807, 2.05) is 63.2 Å². The average Bonchev–Trinajstić information content (AvgIpc) is 2.68. The molecule has 6 heteroatoms. The number of aliphatic imine (C=N–C) groups is 1. The van der Waals surface area contributed by atoms with Crippen LogP contribution in [0.1, 0.15) is 43.0 Å². The van der Waals surface area contributed by atoms with Gasteiger partial charge in [-0.3, -0.25) is 14.8 Å². The van der Waals surface area contributed by atoms with E-state index < -0.39 is 17.1 Å². The molecule has 0 fully saturated rings. The van der Waals surface area contributed by atoms with Gasteiger partial charge in [0, 0.05) is 0 Å². The Kier molecular flexibility index (Phi) is 5.59. The number of hydrogen-bond donors (Lipinski definition) is 2. The average molecular weight is 377 g/mol. The van der Waals surface area contributed by atoms with Crippen molar-refractivity contribution in [2.24, 2.45) is 4.99 Å². The molecule has 3 rings (SSSR count). The van der Waals surface area contributed by atoms with Gasteiger partial charge in [0.25, 0.3) is 5.56 Å². The van der Waals surface area contributed by atoms with Crippen LogP contribution in [0.2, 0.25) is 0 Å². The van der Waals surface area contributed by atoms with Gasteiger partial charge < -0.3 is 5.11 Å². The summed E-state index contributed by atoms with van der Waals surface area (Å²) in [7, 11) is 0. The van der Waals surface area contributed by atoms with Crippen molar-refractivity contribution in [2.75, 3.05) is 0 Å². The quantitative estimate of drug-likeness (QED) is 0.667. The second-order valence-electron chi connectivity index (χ2n) is 6.60. The number of hydrogen-bond acceptors (Lipinski definition) is 4. The SMILES string of the molecule is CCC(=N[C@@H](C)c1ccccc1)c1c(O)n(-c2ccccc2C)c(=O)[nH]c1=O. The number of benzene rings is 2. The number of aryl methyl sites for hydroxylation is 1. The molecule has 0 bridgehead atoms. The van der Waals surface area contributed by atoms with Crippen molar-refractivity contribution in [3.8, 4) is 11.6 Å². The van der Waals surface area contributed by atoms with Gasteiger partial charge in [-0.1, -0.05) is 55.5 Å². The van der Waals surface area contributed by atoms with E-state index >= 15 is 0 Å². The maximum atomic E-state index is 12.5. The summed E-state index contributed by atoms with van der Waals surface area (Å²) in [4.78, 5) is 31.9. The van der Waals surface area contributed by atoms with Crippen LogP contribution >= 0.6 is 0 Å². The summed E-state index contributed by atoms with van der Waals surface area (Å²) in [6.07, 6.45) is 0.430. The van der Waals surface area contributed by atoms with Crippen molar-refractivity contribution < 1.29 is 5.11 Å². The first kappa shape index (κ1) is 19.4. The zero-order valence-electron chi connectivity index (χ0n) is 16.1. The number of rotatable bonds is 5. The normalized spacial score (nSPS) is 12.8. The van der Waals surface area contributed by atoms with Crippen molar-refractivity contribution in [3.05, 3.63) is 92.1 Å². The van der Waals surface area contributed by atoms with Crippen LogP contribution in [0.4, 0.5) is 0 Å². The third-order valence-corrected chi connectivity index (χ3v) is 4.70. The minimum Gasteiger partial charge on any atom is -0.493 e. The molecular weight excluding hydrogens is 354 g/mol. The fraction of sp³-hybridized carbons (Fsp3) is 0.227. The minimum absolute atomic E-state index is 0.0214. The molecule has 2 aromatic carbocycles. The van der Waals surface area contributed by atoms with E-state index in [0.29, 0.717) is 17.8 Å². The van der Waals surface area contributed by atoms with E-state index in [9.17, 15) is 14.7 Å². The number of para-hydroxylation sites is 1. The van der Waals surface area contributed by atoms with Crippen molar-refractivity contribution in [1.82, 2.24) is 9.55 Å². The molecule has 0 spiro atoms. The summed E-state index contributed by atoms with van der Waals surface area (Å²) in [5.74, 6) is -0.399. The second-order valence-corrected chi connectivity index (χ2v) is 6.60. The Morgan fingerprint density at radius 1 is 1.11 bits per heavy atom.